The van der Waals surface area contributed by atoms with Gasteiger partial charge in [0.2, 0.25) is 0 Å². The molecule has 4 heteroatoms. The van der Waals surface area contributed by atoms with E-state index in [0.29, 0.717) is 13.2 Å². The minimum Gasteiger partial charge on any atom is -0.488 e. The Bertz CT molecular complexity index is 782. The maximum Gasteiger partial charge on any atom is 0.134 e. The normalized spacial score (nSPS) is 11.0. The van der Waals surface area contributed by atoms with Crippen LogP contribution in [0.25, 0.3) is 10.8 Å². The van der Waals surface area contributed by atoms with Gasteiger partial charge in [-0.25, -0.2) is 0 Å². The number of benzene rings is 2. The molecule has 108 valence electrons. The van der Waals surface area contributed by atoms with Crippen molar-refractivity contribution in [3.05, 3.63) is 62.3 Å². The molecule has 0 radical (unpaired) electrons. The first kappa shape index (κ1) is 14.6. The van der Waals surface area contributed by atoms with Crippen molar-refractivity contribution in [2.45, 2.75) is 20.1 Å². The number of thiophene rings is 1. The summed E-state index contributed by atoms with van der Waals surface area (Å²) in [6.07, 6.45) is 0. The van der Waals surface area contributed by atoms with E-state index in [1.165, 1.54) is 26.1 Å². The number of halogens is 1. The first-order valence-corrected chi connectivity index (χ1v) is 8.38. The third-order valence-electron chi connectivity index (χ3n) is 3.48. The Balaban J connectivity index is 1.85. The van der Waals surface area contributed by atoms with Gasteiger partial charge in [0.15, 0.2) is 0 Å². The third kappa shape index (κ3) is 2.98. The van der Waals surface area contributed by atoms with Gasteiger partial charge in [-0.05, 0) is 45.8 Å². The van der Waals surface area contributed by atoms with E-state index >= 15 is 0 Å². The number of rotatable bonds is 4. The van der Waals surface area contributed by atoms with Gasteiger partial charge in [-0.1, -0.05) is 30.3 Å². The number of fused-ring (bicyclic) bond motifs is 1. The van der Waals surface area contributed by atoms with Crippen molar-refractivity contribution in [3.8, 4) is 5.75 Å². The number of hydrogen-bond donors (Lipinski definition) is 1. The number of nitrogens with two attached hydrogens (primary N) is 1. The highest BCUT2D eigenvalue weighted by molar-refractivity contribution is 9.10. The van der Waals surface area contributed by atoms with Gasteiger partial charge in [0.05, 0.1) is 4.47 Å². The average Bonchev–Trinajstić information content (AvgIpc) is 2.87. The SMILES string of the molecule is Cc1sc(CN)cc1COc1ccc2ccccc2c1Br. The Kier molecular flexibility index (Phi) is 4.29. The topological polar surface area (TPSA) is 35.2 Å². The van der Waals surface area contributed by atoms with Gasteiger partial charge >= 0.3 is 0 Å². The van der Waals surface area contributed by atoms with E-state index in [0.717, 1.165) is 10.2 Å². The highest BCUT2D eigenvalue weighted by atomic mass is 79.9. The van der Waals surface area contributed by atoms with Crippen molar-refractivity contribution >= 4 is 38.0 Å². The lowest BCUT2D eigenvalue weighted by Gasteiger charge is -2.10. The van der Waals surface area contributed by atoms with Gasteiger partial charge in [0.1, 0.15) is 12.4 Å². The minimum atomic E-state index is 0.569. The third-order valence-corrected chi connectivity index (χ3v) is 5.42. The van der Waals surface area contributed by atoms with E-state index in [-0.39, 0.29) is 0 Å². The van der Waals surface area contributed by atoms with Gasteiger partial charge in [-0.3, -0.25) is 0 Å². The van der Waals surface area contributed by atoms with Gasteiger partial charge < -0.3 is 10.5 Å². The second-order valence-electron chi connectivity index (χ2n) is 4.89. The van der Waals surface area contributed by atoms with Crippen molar-refractivity contribution in [3.63, 3.8) is 0 Å². The molecule has 0 unspecified atom stereocenters. The molecule has 0 saturated heterocycles. The zero-order chi connectivity index (χ0) is 14.8. The van der Waals surface area contributed by atoms with Crippen LogP contribution in [0.4, 0.5) is 0 Å². The summed E-state index contributed by atoms with van der Waals surface area (Å²) >= 11 is 5.39. The predicted octanol–water partition coefficient (Wildman–Crippen LogP) is 5.01. The molecule has 0 aliphatic rings. The molecule has 1 heterocycles. The van der Waals surface area contributed by atoms with Gasteiger partial charge in [-0.15, -0.1) is 11.3 Å². The van der Waals surface area contributed by atoms with Crippen molar-refractivity contribution in [2.75, 3.05) is 0 Å². The summed E-state index contributed by atoms with van der Waals surface area (Å²) in [5, 5.41) is 2.37. The van der Waals surface area contributed by atoms with Gasteiger partial charge in [-0.2, -0.15) is 0 Å². The van der Waals surface area contributed by atoms with Crippen LogP contribution in [0.5, 0.6) is 5.75 Å². The number of ether oxygens (including phenoxy) is 1. The standard InChI is InChI=1S/C17H16BrNOS/c1-11-13(8-14(9-19)21-11)10-20-16-7-6-12-4-2-3-5-15(12)17(16)18/h2-8H,9-10,19H2,1H3. The van der Waals surface area contributed by atoms with Crippen LogP contribution in [-0.2, 0) is 13.2 Å². The average molecular weight is 362 g/mol. The lowest BCUT2D eigenvalue weighted by molar-refractivity contribution is 0.304. The summed E-state index contributed by atoms with van der Waals surface area (Å²) in [6.45, 7) is 3.27. The molecule has 0 saturated carbocycles. The summed E-state index contributed by atoms with van der Waals surface area (Å²) in [6, 6.07) is 14.5. The molecule has 0 fully saturated rings. The quantitative estimate of drug-likeness (QED) is 0.708. The summed E-state index contributed by atoms with van der Waals surface area (Å²) in [5.41, 5.74) is 6.90. The van der Waals surface area contributed by atoms with Crippen LogP contribution in [0.3, 0.4) is 0 Å². The Hall–Kier alpha value is -1.36. The molecule has 21 heavy (non-hydrogen) atoms. The molecule has 0 spiro atoms. The molecule has 2 aromatic carbocycles. The highest BCUT2D eigenvalue weighted by Gasteiger charge is 2.09. The summed E-state index contributed by atoms with van der Waals surface area (Å²) < 4.78 is 7.00. The van der Waals surface area contributed by atoms with Gasteiger partial charge in [0.25, 0.3) is 0 Å². The van der Waals surface area contributed by atoms with Crippen molar-refractivity contribution in [1.29, 1.82) is 0 Å². The smallest absolute Gasteiger partial charge is 0.134 e. The predicted molar refractivity (Wildman–Crippen MR) is 92.9 cm³/mol. The number of hydrogen-bond acceptors (Lipinski definition) is 3. The Labute approximate surface area is 136 Å². The molecule has 2 N–H and O–H groups in total. The zero-order valence-corrected chi connectivity index (χ0v) is 14.1. The molecule has 0 bridgehead atoms. The van der Waals surface area contributed by atoms with Crippen LogP contribution < -0.4 is 10.5 Å². The molecule has 3 aromatic rings. The van der Waals surface area contributed by atoms with Crippen LogP contribution in [0.2, 0.25) is 0 Å². The summed E-state index contributed by atoms with van der Waals surface area (Å²) in [5.74, 6) is 0.869. The molecule has 1 aromatic heterocycles. The molecule has 0 aliphatic heterocycles. The van der Waals surface area contributed by atoms with Crippen LogP contribution in [-0.4, -0.2) is 0 Å². The Morgan fingerprint density at radius 2 is 2.00 bits per heavy atom. The van der Waals surface area contributed by atoms with E-state index < -0.39 is 0 Å². The minimum absolute atomic E-state index is 0.569. The van der Waals surface area contributed by atoms with Crippen molar-refractivity contribution < 1.29 is 4.74 Å². The van der Waals surface area contributed by atoms with E-state index in [1.807, 2.05) is 18.2 Å². The van der Waals surface area contributed by atoms with Crippen LogP contribution in [0.15, 0.2) is 46.9 Å². The van der Waals surface area contributed by atoms with Crippen LogP contribution in [0, 0.1) is 6.92 Å². The first-order chi connectivity index (χ1) is 10.2. The number of aryl methyl sites for hydroxylation is 1. The molecular formula is C17H16BrNOS. The Morgan fingerprint density at radius 3 is 2.76 bits per heavy atom. The molecule has 0 aliphatic carbocycles. The maximum absolute atomic E-state index is 5.99. The highest BCUT2D eigenvalue weighted by Crippen LogP contribution is 2.34. The monoisotopic (exact) mass is 361 g/mol. The van der Waals surface area contributed by atoms with Crippen molar-refractivity contribution in [1.82, 2.24) is 0 Å². The van der Waals surface area contributed by atoms with Crippen molar-refractivity contribution in [2.24, 2.45) is 5.73 Å². The second-order valence-corrected chi connectivity index (χ2v) is 7.02. The van der Waals surface area contributed by atoms with E-state index in [9.17, 15) is 0 Å². The molecule has 2 nitrogen and oxygen atoms in total. The van der Waals surface area contributed by atoms with E-state index in [2.05, 4.69) is 47.1 Å². The zero-order valence-electron chi connectivity index (χ0n) is 11.7. The summed E-state index contributed by atoms with van der Waals surface area (Å²) in [7, 11) is 0. The lowest BCUT2D eigenvalue weighted by Crippen LogP contribution is -1.97. The molecular weight excluding hydrogens is 346 g/mol. The molecule has 0 amide bonds. The van der Waals surface area contributed by atoms with Crippen LogP contribution >= 0.6 is 27.3 Å². The fourth-order valence-electron chi connectivity index (χ4n) is 2.31. The summed E-state index contributed by atoms with van der Waals surface area (Å²) in [4.78, 5) is 2.47. The maximum atomic E-state index is 5.99. The fraction of sp³-hybridized carbons (Fsp3) is 0.176. The van der Waals surface area contributed by atoms with E-state index in [1.54, 1.807) is 11.3 Å². The fourth-order valence-corrected chi connectivity index (χ4v) is 3.85. The van der Waals surface area contributed by atoms with E-state index in [4.69, 9.17) is 10.5 Å². The largest absolute Gasteiger partial charge is 0.488 e. The second kappa shape index (κ2) is 6.18. The molecule has 3 rings (SSSR count). The first-order valence-electron chi connectivity index (χ1n) is 6.77. The lowest BCUT2D eigenvalue weighted by atomic mass is 10.1. The Morgan fingerprint density at radius 1 is 1.19 bits per heavy atom. The molecule has 0 atom stereocenters. The van der Waals surface area contributed by atoms with Crippen LogP contribution in [0.1, 0.15) is 15.3 Å². The van der Waals surface area contributed by atoms with Gasteiger partial charge in [0, 0.05) is 21.9 Å².